The molecule has 0 saturated heterocycles. The number of carboxylic acid groups (broad SMARTS) is 1. The predicted octanol–water partition coefficient (Wildman–Crippen LogP) is 9.71. The molecule has 4 atom stereocenters. The van der Waals surface area contributed by atoms with Gasteiger partial charge in [0.05, 0.1) is 40.1 Å². The van der Waals surface area contributed by atoms with Gasteiger partial charge in [-0.05, 0) is 85.6 Å². The first-order chi connectivity index (χ1) is 37.0. The molecule has 12 nitrogen and oxygen atoms in total. The number of amides is 3. The van der Waals surface area contributed by atoms with Crippen LogP contribution in [0.1, 0.15) is 99.1 Å². The summed E-state index contributed by atoms with van der Waals surface area (Å²) < 4.78 is 4.11. The van der Waals surface area contributed by atoms with E-state index in [0.29, 0.717) is 25.0 Å². The first-order valence-corrected chi connectivity index (χ1v) is 28.0. The van der Waals surface area contributed by atoms with E-state index in [0.717, 1.165) is 33.4 Å². The number of aliphatic carboxylic acids is 1. The molecule has 6 N–H and O–H groups in total. The number of ether oxygens (including phenoxy) is 1. The average molecular weight is 1080 g/mol. The minimum Gasteiger partial charge on any atom is -0.481 e. The van der Waals surface area contributed by atoms with Gasteiger partial charge in [0.15, 0.2) is 0 Å². The van der Waals surface area contributed by atoms with E-state index in [-0.39, 0.29) is 18.6 Å². The van der Waals surface area contributed by atoms with Crippen LogP contribution in [0, 0.1) is 0 Å². The van der Waals surface area contributed by atoms with Gasteiger partial charge in [-0.2, -0.15) is 0 Å². The lowest BCUT2D eigenvalue weighted by molar-refractivity contribution is -0.155. The largest absolute Gasteiger partial charge is 0.481 e. The highest BCUT2D eigenvalue weighted by Gasteiger charge is 2.52. The maximum Gasteiger partial charge on any atom is 0.306 e. The van der Waals surface area contributed by atoms with Crippen molar-refractivity contribution in [2.24, 2.45) is 0 Å². The van der Waals surface area contributed by atoms with E-state index < -0.39 is 87.4 Å². The Hall–Kier alpha value is -6.97. The molecule has 14 heteroatoms. The van der Waals surface area contributed by atoms with Gasteiger partial charge in [-0.3, -0.25) is 24.0 Å². The second-order valence-electron chi connectivity index (χ2n) is 20.3. The lowest BCUT2D eigenvalue weighted by atomic mass is 9.84. The molecule has 1 aliphatic carbocycles. The third-order valence-electron chi connectivity index (χ3n) is 13.4. The Morgan fingerprint density at radius 1 is 0.584 bits per heavy atom. The van der Waals surface area contributed by atoms with Crippen molar-refractivity contribution in [2.75, 3.05) is 11.5 Å². The summed E-state index contributed by atoms with van der Waals surface area (Å²) in [5, 5.41) is 40.3. The number of nitrogens with one attached hydrogen (secondary N) is 3. The molecule has 0 bridgehead atoms. The summed E-state index contributed by atoms with van der Waals surface area (Å²) in [6.45, 7) is 5.16. The summed E-state index contributed by atoms with van der Waals surface area (Å²) >= 11 is 3.18. The van der Waals surface area contributed by atoms with E-state index in [1.54, 1.807) is 38.6 Å². The number of hydrogen-bond acceptors (Lipinski definition) is 10. The number of hydrogen-bond donors (Lipinski definition) is 6. The van der Waals surface area contributed by atoms with Gasteiger partial charge in [0.25, 0.3) is 0 Å². The first-order valence-electron chi connectivity index (χ1n) is 26.0. The van der Waals surface area contributed by atoms with Gasteiger partial charge >= 0.3 is 11.9 Å². The molecule has 7 rings (SSSR count). The smallest absolute Gasteiger partial charge is 0.306 e. The normalized spacial score (nSPS) is 14.8. The molecule has 402 valence electrons. The monoisotopic (exact) mass is 1080 g/mol. The molecule has 1 saturated carbocycles. The van der Waals surface area contributed by atoms with Crippen molar-refractivity contribution >= 4 is 53.2 Å². The fraction of sp³-hybridized carbons (Fsp3) is 0.317. The molecule has 0 spiro atoms. The number of thioether (sulfide) groups is 2. The Balaban J connectivity index is 1.11. The second-order valence-corrected chi connectivity index (χ2v) is 22.8. The van der Waals surface area contributed by atoms with Crippen molar-refractivity contribution in [3.63, 3.8) is 0 Å². The van der Waals surface area contributed by atoms with Crippen molar-refractivity contribution in [1.82, 2.24) is 16.0 Å². The first kappa shape index (κ1) is 57.7. The lowest BCUT2D eigenvalue weighted by Gasteiger charge is -2.37. The third-order valence-corrected chi connectivity index (χ3v) is 16.6. The molecule has 3 amide bonds. The van der Waals surface area contributed by atoms with Gasteiger partial charge in [-0.15, -0.1) is 23.5 Å². The van der Waals surface area contributed by atoms with Crippen LogP contribution in [0.4, 0.5) is 0 Å². The van der Waals surface area contributed by atoms with E-state index in [2.05, 4.69) is 52.3 Å². The standard InChI is InChI=1S/C63H69N3O9S2/c1-60(2,3)75-57(72)38-37-52(64-55(69)42-51(67)36-22-23-41-76-62(45-24-10-4-11-25-45,46-26-12-5-13-27-46)47-28-14-6-15-29-47)58(73)65-53(59(74)66-61(39-40-61)54(68)43-56(70)71)44-77-63(48-30-16-7-17-31-48,49-32-18-8-19-33-49)50-34-20-9-21-35-50/h4-22,24-36,51-54,67-68H,23,37-44H2,1-3H3,(H,64,69)(H,65,73)(H,66,74)(H,70,71)/t51-,52?,53+,54+/m1/s1. The maximum absolute atomic E-state index is 14.7. The van der Waals surface area contributed by atoms with Crippen LogP contribution in [0.5, 0.6) is 0 Å². The summed E-state index contributed by atoms with van der Waals surface area (Å²) in [5.74, 6) is -3.32. The third kappa shape index (κ3) is 15.4. The fourth-order valence-electron chi connectivity index (χ4n) is 9.54. The minimum atomic E-state index is -1.39. The molecule has 6 aromatic rings. The number of rotatable bonds is 27. The number of aliphatic hydroxyl groups is 2. The second kappa shape index (κ2) is 26.9. The lowest BCUT2D eigenvalue weighted by Crippen LogP contribution is -2.58. The number of carbonyl (C=O) groups is 5. The summed E-state index contributed by atoms with van der Waals surface area (Å²) in [5.41, 5.74) is 4.03. The Bertz CT molecular complexity index is 2690. The zero-order valence-electron chi connectivity index (χ0n) is 43.8. The van der Waals surface area contributed by atoms with Gasteiger partial charge in [0, 0.05) is 12.2 Å². The summed E-state index contributed by atoms with van der Waals surface area (Å²) in [4.78, 5) is 68.1. The molecular formula is C63H69N3O9S2. The molecule has 0 heterocycles. The minimum absolute atomic E-state index is 0.0426. The van der Waals surface area contributed by atoms with Gasteiger partial charge in [-0.25, -0.2) is 0 Å². The van der Waals surface area contributed by atoms with Gasteiger partial charge in [-0.1, -0.05) is 194 Å². The number of allylic oxidation sites excluding steroid dienone is 1. The molecule has 1 unspecified atom stereocenters. The van der Waals surface area contributed by atoms with Crippen LogP contribution in [0.25, 0.3) is 0 Å². The van der Waals surface area contributed by atoms with E-state index in [4.69, 9.17) is 4.74 Å². The number of carboxylic acids is 1. The van der Waals surface area contributed by atoms with Crippen molar-refractivity contribution in [1.29, 1.82) is 0 Å². The topological polar surface area (TPSA) is 191 Å². The quantitative estimate of drug-likeness (QED) is 0.0125. The highest BCUT2D eigenvalue weighted by atomic mass is 32.2. The number of aliphatic hydroxyl groups excluding tert-OH is 2. The van der Waals surface area contributed by atoms with Crippen molar-refractivity contribution in [2.45, 2.75) is 111 Å². The zero-order valence-corrected chi connectivity index (χ0v) is 45.4. The van der Waals surface area contributed by atoms with Crippen LogP contribution in [0.2, 0.25) is 0 Å². The molecule has 0 aromatic heterocycles. The van der Waals surface area contributed by atoms with Crippen molar-refractivity contribution in [3.05, 3.63) is 228 Å². The van der Waals surface area contributed by atoms with Crippen LogP contribution < -0.4 is 16.0 Å². The molecule has 6 aromatic carbocycles. The highest BCUT2D eigenvalue weighted by molar-refractivity contribution is 8.00. The van der Waals surface area contributed by atoms with Crippen LogP contribution >= 0.6 is 23.5 Å². The molecule has 1 aliphatic rings. The molecular weight excluding hydrogens is 1010 g/mol. The number of carbonyl (C=O) groups excluding carboxylic acids is 4. The predicted molar refractivity (Wildman–Crippen MR) is 305 cm³/mol. The highest BCUT2D eigenvalue weighted by Crippen LogP contribution is 2.50. The van der Waals surface area contributed by atoms with Gasteiger partial charge < -0.3 is 36.0 Å². The van der Waals surface area contributed by atoms with Crippen LogP contribution in [0.15, 0.2) is 194 Å². The van der Waals surface area contributed by atoms with Crippen LogP contribution in [0.3, 0.4) is 0 Å². The Kier molecular flexibility index (Phi) is 20.1. The zero-order chi connectivity index (χ0) is 54.9. The number of esters is 1. The summed E-state index contributed by atoms with van der Waals surface area (Å²) in [7, 11) is 0. The summed E-state index contributed by atoms with van der Waals surface area (Å²) in [6.07, 6.45) is 0.533. The summed E-state index contributed by atoms with van der Waals surface area (Å²) in [6, 6.07) is 57.7. The Morgan fingerprint density at radius 2 is 1.00 bits per heavy atom. The van der Waals surface area contributed by atoms with E-state index in [1.807, 2.05) is 152 Å². The maximum atomic E-state index is 14.7. The van der Waals surface area contributed by atoms with E-state index >= 15 is 0 Å². The molecule has 0 radical (unpaired) electrons. The van der Waals surface area contributed by atoms with Crippen LogP contribution in [-0.2, 0) is 38.2 Å². The molecule has 1 fully saturated rings. The van der Waals surface area contributed by atoms with Gasteiger partial charge in [0.1, 0.15) is 17.7 Å². The Morgan fingerprint density at radius 3 is 1.39 bits per heavy atom. The van der Waals surface area contributed by atoms with E-state index in [1.165, 1.54) is 11.8 Å². The Labute approximate surface area is 460 Å². The SMILES string of the molecule is CC(C)(C)OC(=O)CCC(NC(=O)C[C@H](O)C=CCCSC(c1ccccc1)(c1ccccc1)c1ccccc1)C(=O)N[C@@H](CSC(c1ccccc1)(c1ccccc1)c1ccccc1)C(=O)NC1([C@@H](O)CC(=O)O)CC1. The van der Waals surface area contributed by atoms with Gasteiger partial charge in [0.2, 0.25) is 17.7 Å². The van der Waals surface area contributed by atoms with E-state index in [9.17, 15) is 39.3 Å². The average Bonchev–Trinajstić information content (AvgIpc) is 4.29. The van der Waals surface area contributed by atoms with Crippen LogP contribution in [-0.4, -0.2) is 91.9 Å². The fourth-order valence-corrected chi connectivity index (χ4v) is 12.6. The molecule has 77 heavy (non-hydrogen) atoms. The molecule has 0 aliphatic heterocycles. The van der Waals surface area contributed by atoms with Crippen molar-refractivity contribution in [3.8, 4) is 0 Å². The van der Waals surface area contributed by atoms with Crippen molar-refractivity contribution < 1.29 is 44.0 Å². The number of benzene rings is 6.